The molecule has 2 aromatic rings. The van der Waals surface area contributed by atoms with Crippen molar-refractivity contribution in [3.05, 3.63) is 47.2 Å². The number of pyridine rings is 2. The minimum Gasteiger partial charge on any atom is -0.478 e. The van der Waals surface area contributed by atoms with Gasteiger partial charge in [-0.15, -0.1) is 0 Å². The second-order valence-corrected chi connectivity index (χ2v) is 5.81. The van der Waals surface area contributed by atoms with Crippen LogP contribution in [0, 0.1) is 0 Å². The Morgan fingerprint density at radius 2 is 2.00 bits per heavy atom. The van der Waals surface area contributed by atoms with Crippen LogP contribution in [0.25, 0.3) is 0 Å². The van der Waals surface area contributed by atoms with E-state index >= 15 is 0 Å². The van der Waals surface area contributed by atoms with Gasteiger partial charge in [0.2, 0.25) is 5.88 Å². The summed E-state index contributed by atoms with van der Waals surface area (Å²) in [7, 11) is 0. The molecule has 0 unspecified atom stereocenters. The van der Waals surface area contributed by atoms with Gasteiger partial charge in [0, 0.05) is 50.2 Å². The van der Waals surface area contributed by atoms with Crippen LogP contribution in [0.15, 0.2) is 36.7 Å². The summed E-state index contributed by atoms with van der Waals surface area (Å²) >= 11 is 6.19. The van der Waals surface area contributed by atoms with Crippen molar-refractivity contribution in [3.8, 4) is 5.88 Å². The Labute approximate surface area is 146 Å². The van der Waals surface area contributed by atoms with Gasteiger partial charge in [0.05, 0.1) is 11.6 Å². The molecule has 2 aromatic heterocycles. The minimum atomic E-state index is -0.00915. The van der Waals surface area contributed by atoms with Crippen molar-refractivity contribution in [2.45, 2.75) is 6.92 Å². The molecule has 0 aliphatic carbocycles. The molecule has 1 aliphatic rings. The van der Waals surface area contributed by atoms with Gasteiger partial charge in [-0.25, -0.2) is 9.97 Å². The Kier molecular flexibility index (Phi) is 5.15. The lowest BCUT2D eigenvalue weighted by Crippen LogP contribution is -2.49. The van der Waals surface area contributed by atoms with E-state index < -0.39 is 0 Å². The van der Waals surface area contributed by atoms with Crippen molar-refractivity contribution in [1.29, 1.82) is 0 Å². The third-order valence-electron chi connectivity index (χ3n) is 3.88. The molecule has 1 aliphatic heterocycles. The number of aromatic nitrogens is 2. The van der Waals surface area contributed by atoms with Crippen molar-refractivity contribution < 1.29 is 9.53 Å². The fourth-order valence-corrected chi connectivity index (χ4v) is 2.92. The monoisotopic (exact) mass is 346 g/mol. The fraction of sp³-hybridized carbons (Fsp3) is 0.353. The lowest BCUT2D eigenvalue weighted by Gasteiger charge is -2.35. The largest absolute Gasteiger partial charge is 0.478 e. The van der Waals surface area contributed by atoms with E-state index in [1.807, 2.05) is 24.0 Å². The Morgan fingerprint density at radius 1 is 1.21 bits per heavy atom. The molecule has 1 saturated heterocycles. The number of rotatable bonds is 4. The SMILES string of the molecule is CCOc1cc(C(=O)N2CCN(c3ncccc3Cl)CC2)ccn1. The molecule has 3 heterocycles. The molecule has 6 nitrogen and oxygen atoms in total. The third kappa shape index (κ3) is 3.59. The molecular formula is C17H19ClN4O2. The van der Waals surface area contributed by atoms with E-state index in [1.54, 1.807) is 24.5 Å². The van der Waals surface area contributed by atoms with Gasteiger partial charge in [0.15, 0.2) is 0 Å². The molecule has 126 valence electrons. The fourth-order valence-electron chi connectivity index (χ4n) is 2.68. The molecule has 0 atom stereocenters. The van der Waals surface area contributed by atoms with Crippen molar-refractivity contribution >= 4 is 23.3 Å². The predicted molar refractivity (Wildman–Crippen MR) is 92.8 cm³/mol. The maximum atomic E-state index is 12.6. The first kappa shape index (κ1) is 16.5. The van der Waals surface area contributed by atoms with Crippen LogP contribution >= 0.6 is 11.6 Å². The first-order valence-electron chi connectivity index (χ1n) is 7.92. The molecule has 0 spiro atoms. The van der Waals surface area contributed by atoms with Crippen LogP contribution < -0.4 is 9.64 Å². The molecule has 24 heavy (non-hydrogen) atoms. The number of hydrogen-bond donors (Lipinski definition) is 0. The first-order chi connectivity index (χ1) is 11.7. The van der Waals surface area contributed by atoms with E-state index in [0.717, 1.165) is 5.82 Å². The Hall–Kier alpha value is -2.34. The second-order valence-electron chi connectivity index (χ2n) is 5.40. The Bertz CT molecular complexity index is 717. The highest BCUT2D eigenvalue weighted by Gasteiger charge is 2.24. The highest BCUT2D eigenvalue weighted by Crippen LogP contribution is 2.23. The number of anilines is 1. The van der Waals surface area contributed by atoms with Gasteiger partial charge in [-0.2, -0.15) is 0 Å². The zero-order valence-electron chi connectivity index (χ0n) is 13.5. The van der Waals surface area contributed by atoms with Gasteiger partial charge in [0.1, 0.15) is 5.82 Å². The summed E-state index contributed by atoms with van der Waals surface area (Å²) in [5.41, 5.74) is 0.595. The predicted octanol–water partition coefficient (Wildman–Crippen LogP) is 2.49. The minimum absolute atomic E-state index is 0.00915. The Balaban J connectivity index is 1.65. The highest BCUT2D eigenvalue weighted by atomic mass is 35.5. The van der Waals surface area contributed by atoms with E-state index in [9.17, 15) is 4.79 Å². The van der Waals surface area contributed by atoms with E-state index in [4.69, 9.17) is 16.3 Å². The lowest BCUT2D eigenvalue weighted by molar-refractivity contribution is 0.0746. The number of carbonyl (C=O) groups is 1. The molecule has 0 radical (unpaired) electrons. The Morgan fingerprint density at radius 3 is 2.71 bits per heavy atom. The number of carbonyl (C=O) groups excluding carboxylic acids is 1. The van der Waals surface area contributed by atoms with Gasteiger partial charge in [-0.05, 0) is 25.1 Å². The van der Waals surface area contributed by atoms with Gasteiger partial charge < -0.3 is 14.5 Å². The highest BCUT2D eigenvalue weighted by molar-refractivity contribution is 6.32. The zero-order chi connectivity index (χ0) is 16.9. The molecule has 0 N–H and O–H groups in total. The lowest BCUT2D eigenvalue weighted by atomic mass is 10.2. The summed E-state index contributed by atoms with van der Waals surface area (Å²) in [5.74, 6) is 1.24. The summed E-state index contributed by atoms with van der Waals surface area (Å²) in [4.78, 5) is 25.0. The quantitative estimate of drug-likeness (QED) is 0.851. The normalized spacial score (nSPS) is 14.6. The topological polar surface area (TPSA) is 58.6 Å². The second kappa shape index (κ2) is 7.49. The standard InChI is InChI=1S/C17H19ClN4O2/c1-2-24-15-12-13(5-7-19-15)17(23)22-10-8-21(9-11-22)16-14(18)4-3-6-20-16/h3-7,12H,2,8-11H2,1H3. The maximum absolute atomic E-state index is 12.6. The van der Waals surface area contributed by atoms with Gasteiger partial charge in [-0.1, -0.05) is 11.6 Å². The molecule has 1 amide bonds. The third-order valence-corrected chi connectivity index (χ3v) is 4.17. The first-order valence-corrected chi connectivity index (χ1v) is 8.30. The average Bonchev–Trinajstić information content (AvgIpc) is 2.62. The number of amides is 1. The summed E-state index contributed by atoms with van der Waals surface area (Å²) in [6.45, 7) is 5.06. The van der Waals surface area contributed by atoms with Crippen molar-refractivity contribution in [1.82, 2.24) is 14.9 Å². The number of halogens is 1. The van der Waals surface area contributed by atoms with Gasteiger partial charge in [-0.3, -0.25) is 4.79 Å². The van der Waals surface area contributed by atoms with Crippen molar-refractivity contribution in [2.24, 2.45) is 0 Å². The summed E-state index contributed by atoms with van der Waals surface area (Å²) in [6, 6.07) is 7.04. The number of hydrogen-bond acceptors (Lipinski definition) is 5. The van der Waals surface area contributed by atoms with Crippen LogP contribution in [0.2, 0.25) is 5.02 Å². The molecule has 3 rings (SSSR count). The smallest absolute Gasteiger partial charge is 0.254 e. The van der Waals surface area contributed by atoms with Crippen molar-refractivity contribution in [2.75, 3.05) is 37.7 Å². The zero-order valence-corrected chi connectivity index (χ0v) is 14.2. The summed E-state index contributed by atoms with van der Waals surface area (Å²) in [6.07, 6.45) is 3.33. The van der Waals surface area contributed by atoms with Gasteiger partial charge in [0.25, 0.3) is 5.91 Å². The summed E-state index contributed by atoms with van der Waals surface area (Å²) in [5, 5.41) is 0.632. The number of nitrogens with zero attached hydrogens (tertiary/aromatic N) is 4. The molecular weight excluding hydrogens is 328 g/mol. The van der Waals surface area contributed by atoms with Crippen LogP contribution in [0.3, 0.4) is 0 Å². The molecule has 0 saturated carbocycles. The van der Waals surface area contributed by atoms with Crippen molar-refractivity contribution in [3.63, 3.8) is 0 Å². The van der Waals surface area contributed by atoms with E-state index in [1.165, 1.54) is 0 Å². The summed E-state index contributed by atoms with van der Waals surface area (Å²) < 4.78 is 5.36. The molecule has 0 bridgehead atoms. The molecule has 7 heteroatoms. The maximum Gasteiger partial charge on any atom is 0.254 e. The van der Waals surface area contributed by atoms with Crippen LogP contribution in [0.5, 0.6) is 5.88 Å². The van der Waals surface area contributed by atoms with E-state index in [-0.39, 0.29) is 5.91 Å². The van der Waals surface area contributed by atoms with Crippen LogP contribution in [0.4, 0.5) is 5.82 Å². The molecule has 1 fully saturated rings. The number of ether oxygens (including phenoxy) is 1. The molecule has 0 aromatic carbocycles. The number of piperazine rings is 1. The van der Waals surface area contributed by atoms with Crippen LogP contribution in [-0.4, -0.2) is 53.6 Å². The van der Waals surface area contributed by atoms with Gasteiger partial charge >= 0.3 is 0 Å². The van der Waals surface area contributed by atoms with E-state index in [0.29, 0.717) is 49.3 Å². The average molecular weight is 347 g/mol. The van der Waals surface area contributed by atoms with E-state index in [2.05, 4.69) is 14.9 Å². The van der Waals surface area contributed by atoms with Crippen LogP contribution in [-0.2, 0) is 0 Å². The van der Waals surface area contributed by atoms with Crippen LogP contribution in [0.1, 0.15) is 17.3 Å².